The number of rotatable bonds is 4. The van der Waals surface area contributed by atoms with E-state index in [9.17, 15) is 13.2 Å². The molecule has 0 aliphatic carbocycles. The number of hydrogen-bond donors (Lipinski definition) is 1. The maximum atomic E-state index is 12.1. The van der Waals surface area contributed by atoms with Crippen molar-refractivity contribution >= 4 is 15.7 Å². The molecule has 0 spiro atoms. The molecule has 0 bridgehead atoms. The molecule has 0 radical (unpaired) electrons. The van der Waals surface area contributed by atoms with Gasteiger partial charge in [0, 0.05) is 19.6 Å². The average Bonchev–Trinajstić information content (AvgIpc) is 2.46. The normalized spacial score (nSPS) is 15.9. The second kappa shape index (κ2) is 6.03. The maximum absolute atomic E-state index is 12.1. The first-order valence-electron chi connectivity index (χ1n) is 6.24. The third kappa shape index (κ3) is 3.35. The minimum absolute atomic E-state index is 0.0775. The van der Waals surface area contributed by atoms with Crippen LogP contribution in [0.4, 0.5) is 0 Å². The van der Waals surface area contributed by atoms with Crippen LogP contribution in [0.3, 0.4) is 0 Å². The fourth-order valence-electron chi connectivity index (χ4n) is 1.97. The van der Waals surface area contributed by atoms with E-state index in [-0.39, 0.29) is 29.6 Å². The Labute approximate surface area is 117 Å². The first-order valence-corrected chi connectivity index (χ1v) is 7.89. The maximum Gasteiger partial charge on any atom is 0.236 e. The van der Waals surface area contributed by atoms with Crippen LogP contribution in [0.2, 0.25) is 0 Å². The molecule has 1 amide bonds. The minimum Gasteiger partial charge on any atom is -0.339 e. The van der Waals surface area contributed by atoms with E-state index in [0.717, 1.165) is 0 Å². The number of nitrogens with zero attached hydrogens (tertiary/aromatic N) is 2. The Morgan fingerprint density at radius 1 is 1.30 bits per heavy atom. The Morgan fingerprint density at radius 3 is 2.60 bits per heavy atom. The van der Waals surface area contributed by atoms with Crippen molar-refractivity contribution in [3.05, 3.63) is 29.8 Å². The fourth-order valence-corrected chi connectivity index (χ4v) is 3.21. The summed E-state index contributed by atoms with van der Waals surface area (Å²) in [5.41, 5.74) is 0.418. The minimum atomic E-state index is -3.43. The van der Waals surface area contributed by atoms with Gasteiger partial charge in [-0.3, -0.25) is 4.79 Å². The van der Waals surface area contributed by atoms with E-state index in [0.29, 0.717) is 18.7 Å². The first-order chi connectivity index (χ1) is 9.53. The molecule has 0 aromatic heterocycles. The van der Waals surface area contributed by atoms with E-state index >= 15 is 0 Å². The van der Waals surface area contributed by atoms with Crippen molar-refractivity contribution in [3.63, 3.8) is 0 Å². The molecule has 2 rings (SSSR count). The number of amides is 1. The van der Waals surface area contributed by atoms with Gasteiger partial charge in [-0.15, -0.1) is 0 Å². The van der Waals surface area contributed by atoms with Crippen LogP contribution < -0.4 is 5.32 Å². The van der Waals surface area contributed by atoms with E-state index in [1.807, 2.05) is 6.07 Å². The Balaban J connectivity index is 2.03. The van der Waals surface area contributed by atoms with E-state index in [1.165, 1.54) is 24.3 Å². The van der Waals surface area contributed by atoms with Crippen molar-refractivity contribution in [2.24, 2.45) is 0 Å². The molecule has 20 heavy (non-hydrogen) atoms. The summed E-state index contributed by atoms with van der Waals surface area (Å²) in [6.07, 6.45) is 0. The predicted octanol–water partition coefficient (Wildman–Crippen LogP) is -0.236. The molecule has 106 valence electrons. The lowest BCUT2D eigenvalue weighted by molar-refractivity contribution is -0.131. The van der Waals surface area contributed by atoms with Gasteiger partial charge >= 0.3 is 0 Å². The quantitative estimate of drug-likeness (QED) is 0.827. The smallest absolute Gasteiger partial charge is 0.236 e. The number of benzene rings is 1. The number of sulfone groups is 1. The number of nitrogens with one attached hydrogen (secondary N) is 1. The molecule has 1 N–H and O–H groups in total. The van der Waals surface area contributed by atoms with E-state index < -0.39 is 9.84 Å². The van der Waals surface area contributed by atoms with Crippen LogP contribution in [0, 0.1) is 11.3 Å². The molecular weight excluding hydrogens is 278 g/mol. The van der Waals surface area contributed by atoms with Gasteiger partial charge in [-0.2, -0.15) is 5.26 Å². The molecule has 0 atom stereocenters. The zero-order chi connectivity index (χ0) is 14.6. The summed E-state index contributed by atoms with van der Waals surface area (Å²) in [5.74, 6) is -0.184. The number of nitriles is 1. The highest BCUT2D eigenvalue weighted by Crippen LogP contribution is 2.12. The molecule has 0 saturated carbocycles. The number of carbonyl (C=O) groups is 1. The predicted molar refractivity (Wildman–Crippen MR) is 72.7 cm³/mol. The van der Waals surface area contributed by atoms with Crippen molar-refractivity contribution in [2.75, 3.05) is 31.9 Å². The SMILES string of the molecule is N#Cc1ccc(S(=O)(=O)CCN2CCNCC2=O)cc1. The summed E-state index contributed by atoms with van der Waals surface area (Å²) in [7, 11) is -3.43. The van der Waals surface area contributed by atoms with E-state index in [2.05, 4.69) is 5.32 Å². The van der Waals surface area contributed by atoms with Gasteiger partial charge in [-0.25, -0.2) is 8.42 Å². The number of carbonyl (C=O) groups excluding carboxylic acids is 1. The summed E-state index contributed by atoms with van der Waals surface area (Å²) < 4.78 is 24.3. The molecular formula is C13H15N3O3S. The molecule has 1 aromatic carbocycles. The second-order valence-corrected chi connectivity index (χ2v) is 6.62. The van der Waals surface area contributed by atoms with Crippen molar-refractivity contribution in [1.82, 2.24) is 10.2 Å². The van der Waals surface area contributed by atoms with Crippen molar-refractivity contribution in [3.8, 4) is 6.07 Å². The van der Waals surface area contributed by atoms with Crippen LogP contribution in [0.25, 0.3) is 0 Å². The topological polar surface area (TPSA) is 90.3 Å². The Bertz CT molecular complexity index is 632. The standard InChI is InChI=1S/C13H15N3O3S/c14-9-11-1-3-12(4-2-11)20(18,19)8-7-16-6-5-15-10-13(16)17/h1-4,15H,5-8,10H2. The van der Waals surface area contributed by atoms with Gasteiger partial charge in [-0.05, 0) is 24.3 Å². The highest BCUT2D eigenvalue weighted by molar-refractivity contribution is 7.91. The molecule has 1 aliphatic heterocycles. The summed E-state index contributed by atoms with van der Waals surface area (Å²) in [5, 5.41) is 11.6. The first kappa shape index (κ1) is 14.5. The monoisotopic (exact) mass is 293 g/mol. The van der Waals surface area contributed by atoms with E-state index in [1.54, 1.807) is 4.90 Å². The van der Waals surface area contributed by atoms with Crippen LogP contribution in [0.5, 0.6) is 0 Å². The summed E-state index contributed by atoms with van der Waals surface area (Å²) in [4.78, 5) is 13.3. The number of hydrogen-bond acceptors (Lipinski definition) is 5. The van der Waals surface area contributed by atoms with Gasteiger partial charge in [-0.1, -0.05) is 0 Å². The van der Waals surface area contributed by atoms with Gasteiger partial charge < -0.3 is 10.2 Å². The molecule has 6 nitrogen and oxygen atoms in total. The zero-order valence-corrected chi connectivity index (χ0v) is 11.7. The largest absolute Gasteiger partial charge is 0.339 e. The molecule has 1 saturated heterocycles. The van der Waals surface area contributed by atoms with Crippen LogP contribution >= 0.6 is 0 Å². The van der Waals surface area contributed by atoms with Crippen molar-refractivity contribution in [2.45, 2.75) is 4.90 Å². The average molecular weight is 293 g/mol. The van der Waals surface area contributed by atoms with Gasteiger partial charge in [0.15, 0.2) is 9.84 Å². The third-order valence-electron chi connectivity index (χ3n) is 3.16. The third-order valence-corrected chi connectivity index (χ3v) is 4.87. The van der Waals surface area contributed by atoms with Crippen molar-refractivity contribution < 1.29 is 13.2 Å². The lowest BCUT2D eigenvalue weighted by Crippen LogP contribution is -2.49. The van der Waals surface area contributed by atoms with Crippen LogP contribution in [-0.2, 0) is 14.6 Å². The zero-order valence-electron chi connectivity index (χ0n) is 10.9. The highest BCUT2D eigenvalue weighted by Gasteiger charge is 2.21. The molecule has 1 aromatic rings. The fraction of sp³-hybridized carbons (Fsp3) is 0.385. The van der Waals surface area contributed by atoms with Gasteiger partial charge in [0.2, 0.25) is 5.91 Å². The van der Waals surface area contributed by atoms with Gasteiger partial charge in [0.05, 0.1) is 28.8 Å². The summed E-state index contributed by atoms with van der Waals surface area (Å²) in [6.45, 7) is 1.67. The van der Waals surface area contributed by atoms with Crippen LogP contribution in [0.1, 0.15) is 5.56 Å². The number of piperazine rings is 1. The molecule has 7 heteroatoms. The Kier molecular flexibility index (Phi) is 4.37. The Hall–Kier alpha value is -1.91. The van der Waals surface area contributed by atoms with Gasteiger partial charge in [0.1, 0.15) is 0 Å². The van der Waals surface area contributed by atoms with Gasteiger partial charge in [0.25, 0.3) is 0 Å². The van der Waals surface area contributed by atoms with E-state index in [4.69, 9.17) is 5.26 Å². The van der Waals surface area contributed by atoms with Crippen molar-refractivity contribution in [1.29, 1.82) is 5.26 Å². The Morgan fingerprint density at radius 2 is 2.00 bits per heavy atom. The lowest BCUT2D eigenvalue weighted by Gasteiger charge is -2.27. The lowest BCUT2D eigenvalue weighted by atomic mass is 10.2. The molecule has 0 unspecified atom stereocenters. The second-order valence-electron chi connectivity index (χ2n) is 4.51. The van der Waals surface area contributed by atoms with Crippen LogP contribution in [-0.4, -0.2) is 51.2 Å². The highest BCUT2D eigenvalue weighted by atomic mass is 32.2. The summed E-state index contributed by atoms with van der Waals surface area (Å²) in [6, 6.07) is 7.74. The molecule has 1 heterocycles. The summed E-state index contributed by atoms with van der Waals surface area (Å²) >= 11 is 0. The molecule has 1 aliphatic rings. The molecule has 1 fully saturated rings. The van der Waals surface area contributed by atoms with Crippen LogP contribution in [0.15, 0.2) is 29.2 Å².